The topological polar surface area (TPSA) is 97.6 Å². The van der Waals surface area contributed by atoms with E-state index in [1.165, 1.54) is 19.3 Å². The van der Waals surface area contributed by atoms with Gasteiger partial charge in [-0.05, 0) is 62.2 Å². The summed E-state index contributed by atoms with van der Waals surface area (Å²) in [6, 6.07) is 13.8. The van der Waals surface area contributed by atoms with E-state index in [-0.39, 0.29) is 29.7 Å². The fourth-order valence-corrected chi connectivity index (χ4v) is 2.51. The molecule has 0 saturated carbocycles. The molecule has 0 heterocycles. The van der Waals surface area contributed by atoms with Gasteiger partial charge in [0.25, 0.3) is 5.91 Å². The molecule has 30 heavy (non-hydrogen) atoms. The van der Waals surface area contributed by atoms with Crippen molar-refractivity contribution in [2.45, 2.75) is 26.8 Å². The summed E-state index contributed by atoms with van der Waals surface area (Å²) in [6.07, 6.45) is 1.44. The Hall–Kier alpha value is -3.79. The quantitative estimate of drug-likeness (QED) is 0.311. The molecule has 2 aromatic rings. The number of hydrogen-bond acceptors (Lipinski definition) is 6. The van der Waals surface area contributed by atoms with Crippen molar-refractivity contribution in [3.8, 4) is 23.3 Å². The number of esters is 1. The maximum atomic E-state index is 12.1. The van der Waals surface area contributed by atoms with Crippen molar-refractivity contribution in [1.82, 2.24) is 5.32 Å². The van der Waals surface area contributed by atoms with E-state index >= 15 is 0 Å². The lowest BCUT2D eigenvalue weighted by Crippen LogP contribution is -2.30. The molecule has 7 heteroatoms. The first-order valence-corrected chi connectivity index (χ1v) is 9.33. The van der Waals surface area contributed by atoms with Crippen LogP contribution >= 0.6 is 0 Å². The van der Waals surface area contributed by atoms with E-state index in [1.54, 1.807) is 18.2 Å². The molecular weight excluding hydrogens is 384 g/mol. The number of nitrogens with one attached hydrogen (secondary N) is 1. The molecular formula is C23H24N2O5. The second-order valence-electron chi connectivity index (χ2n) is 6.79. The lowest BCUT2D eigenvalue weighted by Gasteiger charge is -2.11. The minimum atomic E-state index is -0.591. The molecule has 2 aromatic carbocycles. The Morgan fingerprint density at radius 2 is 1.93 bits per heavy atom. The molecule has 0 fully saturated rings. The molecule has 1 N–H and O–H groups in total. The fraction of sp³-hybridized carbons (Fsp3) is 0.261. The third-order valence-corrected chi connectivity index (χ3v) is 3.85. The first-order valence-electron chi connectivity index (χ1n) is 9.33. The van der Waals surface area contributed by atoms with E-state index in [1.807, 2.05) is 45.0 Å². The summed E-state index contributed by atoms with van der Waals surface area (Å²) in [6.45, 7) is 5.28. The highest BCUT2D eigenvalue weighted by Gasteiger charge is 2.14. The van der Waals surface area contributed by atoms with Gasteiger partial charge < -0.3 is 19.5 Å². The lowest BCUT2D eigenvalue weighted by atomic mass is 10.1. The molecule has 156 valence electrons. The Bertz CT molecular complexity index is 989. The second-order valence-corrected chi connectivity index (χ2v) is 6.79. The standard InChI is InChI=1S/C23H24N2O5/c1-15(2)25-23(27)18(13-24)11-17-8-9-20(21(12-17)28-4)30-22(26)14-29-19-7-5-6-16(3)10-19/h5-12,15H,14H2,1-4H3,(H,25,27)/b18-11+. The zero-order valence-corrected chi connectivity index (χ0v) is 17.4. The van der Waals surface area contributed by atoms with Gasteiger partial charge >= 0.3 is 5.97 Å². The summed E-state index contributed by atoms with van der Waals surface area (Å²) in [5, 5.41) is 11.9. The number of carbonyl (C=O) groups is 2. The van der Waals surface area contributed by atoms with Crippen LogP contribution < -0.4 is 19.5 Å². The third-order valence-electron chi connectivity index (χ3n) is 3.85. The van der Waals surface area contributed by atoms with Crippen molar-refractivity contribution in [2.24, 2.45) is 0 Å². The molecule has 0 aliphatic rings. The minimum absolute atomic E-state index is 0.0398. The number of nitriles is 1. The van der Waals surface area contributed by atoms with Crippen molar-refractivity contribution in [2.75, 3.05) is 13.7 Å². The number of aryl methyl sites for hydroxylation is 1. The molecule has 0 radical (unpaired) electrons. The highest BCUT2D eigenvalue weighted by Crippen LogP contribution is 2.29. The van der Waals surface area contributed by atoms with Crippen LogP contribution in [0.5, 0.6) is 17.2 Å². The minimum Gasteiger partial charge on any atom is -0.493 e. The van der Waals surface area contributed by atoms with Crippen LogP contribution in [-0.2, 0) is 9.59 Å². The number of ether oxygens (including phenoxy) is 3. The van der Waals surface area contributed by atoms with Gasteiger partial charge in [-0.15, -0.1) is 0 Å². The molecule has 0 spiro atoms. The molecule has 2 rings (SSSR count). The third kappa shape index (κ3) is 6.67. The molecule has 0 aromatic heterocycles. The van der Waals surface area contributed by atoms with Crippen LogP contribution in [0.4, 0.5) is 0 Å². The van der Waals surface area contributed by atoms with Gasteiger partial charge in [-0.3, -0.25) is 4.79 Å². The Morgan fingerprint density at radius 3 is 2.57 bits per heavy atom. The van der Waals surface area contributed by atoms with Crippen LogP contribution in [0.15, 0.2) is 48.0 Å². The second kappa shape index (κ2) is 10.7. The summed E-state index contributed by atoms with van der Waals surface area (Å²) in [5.74, 6) is 0.0114. The van der Waals surface area contributed by atoms with E-state index in [0.29, 0.717) is 11.3 Å². The van der Waals surface area contributed by atoms with Crippen LogP contribution in [0.25, 0.3) is 6.08 Å². The van der Waals surface area contributed by atoms with Crippen molar-refractivity contribution in [3.63, 3.8) is 0 Å². The van der Waals surface area contributed by atoms with Crippen molar-refractivity contribution in [1.29, 1.82) is 5.26 Å². The van der Waals surface area contributed by atoms with Gasteiger partial charge in [-0.25, -0.2) is 4.79 Å². The van der Waals surface area contributed by atoms with Crippen molar-refractivity contribution < 1.29 is 23.8 Å². The average molecular weight is 408 g/mol. The van der Waals surface area contributed by atoms with E-state index in [2.05, 4.69) is 5.32 Å². The molecule has 1 amide bonds. The largest absolute Gasteiger partial charge is 0.493 e. The summed E-state index contributed by atoms with van der Waals surface area (Å²) in [4.78, 5) is 24.2. The molecule has 0 aliphatic carbocycles. The lowest BCUT2D eigenvalue weighted by molar-refractivity contribution is -0.136. The summed E-state index contributed by atoms with van der Waals surface area (Å²) in [7, 11) is 1.43. The molecule has 0 bridgehead atoms. The van der Waals surface area contributed by atoms with Gasteiger partial charge in [0.2, 0.25) is 0 Å². The summed E-state index contributed by atoms with van der Waals surface area (Å²) in [5.41, 5.74) is 1.53. The zero-order chi connectivity index (χ0) is 22.1. The predicted octanol–water partition coefficient (Wildman–Crippen LogP) is 3.42. The van der Waals surface area contributed by atoms with Crippen LogP contribution in [0.1, 0.15) is 25.0 Å². The Morgan fingerprint density at radius 1 is 1.17 bits per heavy atom. The number of amides is 1. The van der Waals surface area contributed by atoms with E-state index in [0.717, 1.165) is 5.56 Å². The maximum Gasteiger partial charge on any atom is 0.349 e. The summed E-state index contributed by atoms with van der Waals surface area (Å²) < 4.78 is 16.0. The number of methoxy groups -OCH3 is 1. The van der Waals surface area contributed by atoms with Gasteiger partial charge in [0.05, 0.1) is 7.11 Å². The number of hydrogen-bond donors (Lipinski definition) is 1. The first kappa shape index (κ1) is 22.5. The number of nitrogens with zero attached hydrogens (tertiary/aromatic N) is 1. The monoisotopic (exact) mass is 408 g/mol. The van der Waals surface area contributed by atoms with Crippen LogP contribution in [0.3, 0.4) is 0 Å². The molecule has 0 atom stereocenters. The molecule has 0 aliphatic heterocycles. The van der Waals surface area contributed by atoms with Gasteiger partial charge in [0.1, 0.15) is 17.4 Å². The van der Waals surface area contributed by atoms with Gasteiger partial charge in [0.15, 0.2) is 18.1 Å². The molecule has 0 saturated heterocycles. The van der Waals surface area contributed by atoms with E-state index in [4.69, 9.17) is 14.2 Å². The van der Waals surface area contributed by atoms with Crippen LogP contribution in [-0.4, -0.2) is 31.6 Å². The van der Waals surface area contributed by atoms with Gasteiger partial charge in [0, 0.05) is 6.04 Å². The first-order chi connectivity index (χ1) is 14.3. The van der Waals surface area contributed by atoms with Crippen molar-refractivity contribution >= 4 is 18.0 Å². The zero-order valence-electron chi connectivity index (χ0n) is 17.4. The predicted molar refractivity (Wildman–Crippen MR) is 112 cm³/mol. The van der Waals surface area contributed by atoms with Gasteiger partial charge in [-0.2, -0.15) is 5.26 Å². The van der Waals surface area contributed by atoms with Crippen molar-refractivity contribution in [3.05, 3.63) is 59.2 Å². The smallest absolute Gasteiger partial charge is 0.349 e. The molecule has 7 nitrogen and oxygen atoms in total. The number of carbonyl (C=O) groups excluding carboxylic acids is 2. The number of benzene rings is 2. The average Bonchev–Trinajstić information content (AvgIpc) is 2.70. The van der Waals surface area contributed by atoms with Crippen LogP contribution in [0, 0.1) is 18.3 Å². The maximum absolute atomic E-state index is 12.1. The van der Waals surface area contributed by atoms with Crippen LogP contribution in [0.2, 0.25) is 0 Å². The molecule has 0 unspecified atom stereocenters. The Kier molecular flexibility index (Phi) is 8.00. The normalized spacial score (nSPS) is 10.9. The number of rotatable bonds is 8. The highest BCUT2D eigenvalue weighted by molar-refractivity contribution is 6.01. The van der Waals surface area contributed by atoms with E-state index in [9.17, 15) is 14.9 Å². The summed E-state index contributed by atoms with van der Waals surface area (Å²) >= 11 is 0. The highest BCUT2D eigenvalue weighted by atomic mass is 16.6. The van der Waals surface area contributed by atoms with E-state index < -0.39 is 11.9 Å². The Balaban J connectivity index is 2.09. The SMILES string of the molecule is COc1cc(/C=C(\C#N)C(=O)NC(C)C)ccc1OC(=O)COc1cccc(C)c1. The Labute approximate surface area is 175 Å². The van der Waals surface area contributed by atoms with Gasteiger partial charge in [-0.1, -0.05) is 18.2 Å². The fourth-order valence-electron chi connectivity index (χ4n) is 2.51.